The maximum Gasteiger partial charge on any atom is 0.262 e. The van der Waals surface area contributed by atoms with Gasteiger partial charge in [-0.2, -0.15) is 0 Å². The van der Waals surface area contributed by atoms with Gasteiger partial charge in [0.2, 0.25) is 11.8 Å². The summed E-state index contributed by atoms with van der Waals surface area (Å²) in [6.07, 6.45) is 2.15. The molecule has 2 amide bonds. The third-order valence-corrected chi connectivity index (χ3v) is 8.54. The van der Waals surface area contributed by atoms with Crippen LogP contribution in [-0.4, -0.2) is 45.0 Å². The number of nitrogens with one attached hydrogen (secondary N) is 1. The summed E-state index contributed by atoms with van der Waals surface area (Å²) in [5, 5.41) is 3.75. The molecule has 8 heteroatoms. The molecule has 9 rings (SSSR count). The van der Waals surface area contributed by atoms with E-state index in [-0.39, 0.29) is 29.6 Å². The smallest absolute Gasteiger partial charge is 0.262 e. The van der Waals surface area contributed by atoms with Crippen LogP contribution in [0.15, 0.2) is 53.3 Å². The van der Waals surface area contributed by atoms with Gasteiger partial charge in [0, 0.05) is 12.2 Å². The molecule has 1 aromatic heterocycles. The maximum absolute atomic E-state index is 13.5. The lowest BCUT2D eigenvalue weighted by Gasteiger charge is -2.53. The van der Waals surface area contributed by atoms with Gasteiger partial charge in [-0.05, 0) is 43.0 Å². The highest BCUT2D eigenvalue weighted by molar-refractivity contribution is 6.03. The van der Waals surface area contributed by atoms with Crippen LogP contribution in [-0.2, 0) is 15.0 Å². The lowest BCUT2D eigenvalue weighted by Crippen LogP contribution is -2.66. The van der Waals surface area contributed by atoms with Gasteiger partial charge in [-0.1, -0.05) is 30.3 Å². The van der Waals surface area contributed by atoms with Crippen LogP contribution in [0.3, 0.4) is 0 Å². The van der Waals surface area contributed by atoms with E-state index in [0.29, 0.717) is 23.1 Å². The monoisotopic (exact) mass is 439 g/mol. The fourth-order valence-corrected chi connectivity index (χ4v) is 7.36. The number of para-hydroxylation sites is 2. The van der Waals surface area contributed by atoms with Crippen molar-refractivity contribution in [3.8, 4) is 0 Å². The van der Waals surface area contributed by atoms with Crippen LogP contribution in [0.5, 0.6) is 0 Å². The number of rotatable bonds is 0. The first kappa shape index (κ1) is 18.0. The van der Waals surface area contributed by atoms with Crippen LogP contribution < -0.4 is 15.8 Å². The Morgan fingerprint density at radius 3 is 2.73 bits per heavy atom. The van der Waals surface area contributed by atoms with Crippen LogP contribution in [0, 0.1) is 0 Å². The summed E-state index contributed by atoms with van der Waals surface area (Å²) >= 11 is 0. The van der Waals surface area contributed by atoms with Gasteiger partial charge in [0.1, 0.15) is 24.1 Å². The molecule has 0 radical (unpaired) electrons. The molecular weight excluding hydrogens is 418 g/mol. The highest BCUT2D eigenvalue weighted by Crippen LogP contribution is 2.62. The molecule has 3 fully saturated rings. The average Bonchev–Trinajstić information content (AvgIpc) is 3.49. The Bertz CT molecular complexity index is 1480. The van der Waals surface area contributed by atoms with Gasteiger partial charge in [0.15, 0.2) is 0 Å². The highest BCUT2D eigenvalue weighted by atomic mass is 16.2. The van der Waals surface area contributed by atoms with Crippen LogP contribution in [0.4, 0.5) is 5.69 Å². The molecule has 0 saturated carbocycles. The zero-order chi connectivity index (χ0) is 22.1. The molecule has 1 N–H and O–H groups in total. The van der Waals surface area contributed by atoms with Crippen molar-refractivity contribution in [3.63, 3.8) is 0 Å². The minimum atomic E-state index is -0.653. The first-order valence-corrected chi connectivity index (χ1v) is 11.6. The number of carbonyl (C=O) groups excluding carboxylic acids is 2. The zero-order valence-electron chi connectivity index (χ0n) is 17.8. The Kier molecular flexibility index (Phi) is 3.10. The van der Waals surface area contributed by atoms with E-state index in [4.69, 9.17) is 4.98 Å². The summed E-state index contributed by atoms with van der Waals surface area (Å²) < 4.78 is 1.61. The molecule has 3 saturated heterocycles. The molecule has 0 aliphatic carbocycles. The maximum atomic E-state index is 13.5. The second kappa shape index (κ2) is 5.69. The summed E-state index contributed by atoms with van der Waals surface area (Å²) in [5.74, 6) is 0.607. The lowest BCUT2D eigenvalue weighted by molar-refractivity contribution is -0.133. The number of amides is 2. The van der Waals surface area contributed by atoms with Crippen molar-refractivity contribution in [1.82, 2.24) is 19.8 Å². The van der Waals surface area contributed by atoms with Crippen LogP contribution in [0.1, 0.15) is 42.7 Å². The minimum Gasteiger partial charge on any atom is -0.343 e. The predicted octanol–water partition coefficient (Wildman–Crippen LogP) is 1.60. The third-order valence-electron chi connectivity index (χ3n) is 8.54. The fourth-order valence-electron chi connectivity index (χ4n) is 7.36. The molecular formula is C25H21N5O3. The number of hydrogen-bond donors (Lipinski definition) is 1. The minimum absolute atomic E-state index is 0.108. The van der Waals surface area contributed by atoms with Gasteiger partial charge in [-0.3, -0.25) is 28.8 Å². The van der Waals surface area contributed by atoms with Gasteiger partial charge < -0.3 is 5.32 Å². The highest BCUT2D eigenvalue weighted by Gasteiger charge is 2.70. The van der Waals surface area contributed by atoms with Gasteiger partial charge in [0.05, 0.1) is 22.4 Å². The number of benzene rings is 2. The summed E-state index contributed by atoms with van der Waals surface area (Å²) in [6.45, 7) is 0.858. The lowest BCUT2D eigenvalue weighted by atomic mass is 9.64. The summed E-state index contributed by atoms with van der Waals surface area (Å²) in [5.41, 5.74) is 1.91. The van der Waals surface area contributed by atoms with Crippen molar-refractivity contribution in [2.24, 2.45) is 0 Å². The molecule has 2 bridgehead atoms. The number of nitrogens with zero attached hydrogens (tertiary/aromatic N) is 4. The molecule has 0 unspecified atom stereocenters. The van der Waals surface area contributed by atoms with Crippen molar-refractivity contribution in [2.75, 3.05) is 11.4 Å². The summed E-state index contributed by atoms with van der Waals surface area (Å²) in [7, 11) is 0. The second-order valence-corrected chi connectivity index (χ2v) is 9.86. The standard InChI is InChI=1S/C25H21N5O3/c31-21-18-12-25(19(27-21)20-26-15-8-3-1-6-13(15)22(32)29(18)20)14-7-2-4-9-16(14)30-23(33)17-10-5-11-28(17)24(25)30/h1-4,6-9,17-19,24H,5,10-12H2,(H,27,31)/t17-,18+,19-,24+,25+/m0/s1. The van der Waals surface area contributed by atoms with E-state index < -0.39 is 17.5 Å². The Hall–Kier alpha value is -3.52. The molecule has 164 valence electrons. The number of aromatic nitrogens is 2. The largest absolute Gasteiger partial charge is 0.343 e. The number of hydrogen-bond acceptors (Lipinski definition) is 5. The molecule has 33 heavy (non-hydrogen) atoms. The Morgan fingerprint density at radius 2 is 1.82 bits per heavy atom. The van der Waals surface area contributed by atoms with Gasteiger partial charge in [-0.25, -0.2) is 4.98 Å². The average molecular weight is 439 g/mol. The Balaban J connectivity index is 1.44. The number of piperidine rings is 1. The summed E-state index contributed by atoms with van der Waals surface area (Å²) in [4.78, 5) is 49.4. The zero-order valence-corrected chi connectivity index (χ0v) is 17.8. The van der Waals surface area contributed by atoms with E-state index >= 15 is 0 Å². The summed E-state index contributed by atoms with van der Waals surface area (Å²) in [6, 6.07) is 14.1. The quantitative estimate of drug-likeness (QED) is 0.575. The van der Waals surface area contributed by atoms with Gasteiger partial charge in [0.25, 0.3) is 5.56 Å². The van der Waals surface area contributed by atoms with Crippen LogP contribution in [0.25, 0.3) is 10.9 Å². The van der Waals surface area contributed by atoms with Crippen molar-refractivity contribution in [3.05, 3.63) is 70.3 Å². The van der Waals surface area contributed by atoms with E-state index in [9.17, 15) is 14.4 Å². The second-order valence-electron chi connectivity index (χ2n) is 9.86. The fraction of sp³-hybridized carbons (Fsp3) is 0.360. The normalized spacial score (nSPS) is 33.4. The first-order valence-electron chi connectivity index (χ1n) is 11.6. The van der Waals surface area contributed by atoms with E-state index in [1.54, 1.807) is 10.6 Å². The molecule has 6 aliphatic heterocycles. The SMILES string of the molecule is O=C1N[C@H]2c3nc4ccccc4c(=O)n3[C@@H]1C[C@@]21c2ccccc2N2C(=O)[C@@H]3CCCN3[C@H]21. The Labute approximate surface area is 188 Å². The predicted molar refractivity (Wildman–Crippen MR) is 120 cm³/mol. The number of fused-ring (bicyclic) bond motifs is 7. The topological polar surface area (TPSA) is 87.5 Å². The van der Waals surface area contributed by atoms with E-state index in [0.717, 1.165) is 30.6 Å². The molecule has 2 aromatic carbocycles. The number of anilines is 1. The van der Waals surface area contributed by atoms with Gasteiger partial charge in [-0.15, -0.1) is 0 Å². The van der Waals surface area contributed by atoms with Crippen molar-refractivity contribution in [2.45, 2.75) is 49.0 Å². The molecule has 6 aliphatic rings. The first-order chi connectivity index (χ1) is 16.1. The van der Waals surface area contributed by atoms with Crippen LogP contribution >= 0.6 is 0 Å². The van der Waals surface area contributed by atoms with E-state index in [1.165, 1.54) is 0 Å². The Morgan fingerprint density at radius 1 is 1.00 bits per heavy atom. The van der Waals surface area contributed by atoms with Crippen molar-refractivity contribution < 1.29 is 9.59 Å². The molecule has 5 atom stereocenters. The van der Waals surface area contributed by atoms with E-state index in [2.05, 4.69) is 16.3 Å². The molecule has 7 heterocycles. The van der Waals surface area contributed by atoms with Crippen molar-refractivity contribution in [1.29, 1.82) is 0 Å². The molecule has 8 nitrogen and oxygen atoms in total. The van der Waals surface area contributed by atoms with Crippen LogP contribution in [0.2, 0.25) is 0 Å². The molecule has 1 spiro atoms. The van der Waals surface area contributed by atoms with Gasteiger partial charge >= 0.3 is 0 Å². The molecule has 3 aromatic rings. The number of carbonyl (C=O) groups is 2. The van der Waals surface area contributed by atoms with Crippen molar-refractivity contribution >= 4 is 28.4 Å². The third kappa shape index (κ3) is 1.86. The van der Waals surface area contributed by atoms with E-state index in [1.807, 2.05) is 41.3 Å².